The van der Waals surface area contributed by atoms with E-state index in [4.69, 9.17) is 0 Å². The molecule has 0 aliphatic rings. The molecule has 1 aromatic carbocycles. The van der Waals surface area contributed by atoms with Gasteiger partial charge in [-0.05, 0) is 52.7 Å². The second-order valence-electron chi connectivity index (χ2n) is 4.43. The molecular formula is C15H16BrN3O. The molecular weight excluding hydrogens is 318 g/mol. The van der Waals surface area contributed by atoms with E-state index in [9.17, 15) is 4.79 Å². The first-order chi connectivity index (χ1) is 9.60. The Bertz CT molecular complexity index is 611. The number of anilines is 1. The topological polar surface area (TPSA) is 54.0 Å². The quantitative estimate of drug-likeness (QED) is 0.903. The van der Waals surface area contributed by atoms with Gasteiger partial charge in [-0.15, -0.1) is 0 Å². The number of benzene rings is 1. The van der Waals surface area contributed by atoms with Crippen molar-refractivity contribution in [1.29, 1.82) is 0 Å². The van der Waals surface area contributed by atoms with Gasteiger partial charge in [-0.25, -0.2) is 0 Å². The number of halogens is 1. The number of nitrogens with one attached hydrogen (secondary N) is 2. The van der Waals surface area contributed by atoms with Gasteiger partial charge < -0.3 is 10.6 Å². The van der Waals surface area contributed by atoms with Gasteiger partial charge in [-0.1, -0.05) is 6.07 Å². The first kappa shape index (κ1) is 14.5. The maximum atomic E-state index is 11.6. The fourth-order valence-electron chi connectivity index (χ4n) is 1.79. The van der Waals surface area contributed by atoms with E-state index in [1.165, 1.54) is 0 Å². The smallest absolute Gasteiger partial charge is 0.251 e. The maximum absolute atomic E-state index is 11.6. The Morgan fingerprint density at radius 3 is 2.75 bits per heavy atom. The van der Waals surface area contributed by atoms with Crippen LogP contribution in [-0.2, 0) is 6.54 Å². The average molecular weight is 334 g/mol. The summed E-state index contributed by atoms with van der Waals surface area (Å²) in [6.07, 6.45) is 1.77. The molecule has 5 heteroatoms. The number of amides is 1. The van der Waals surface area contributed by atoms with Gasteiger partial charge in [0.1, 0.15) is 0 Å². The van der Waals surface area contributed by atoms with E-state index in [2.05, 4.69) is 31.5 Å². The second kappa shape index (κ2) is 6.52. The number of pyridine rings is 1. The third-order valence-electron chi connectivity index (χ3n) is 2.98. The summed E-state index contributed by atoms with van der Waals surface area (Å²) in [4.78, 5) is 15.9. The zero-order valence-electron chi connectivity index (χ0n) is 11.4. The monoisotopic (exact) mass is 333 g/mol. The molecule has 0 saturated carbocycles. The molecule has 0 aliphatic heterocycles. The van der Waals surface area contributed by atoms with Crippen LogP contribution in [0, 0.1) is 6.92 Å². The minimum Gasteiger partial charge on any atom is -0.379 e. The van der Waals surface area contributed by atoms with Crippen molar-refractivity contribution in [2.45, 2.75) is 13.5 Å². The highest BCUT2D eigenvalue weighted by molar-refractivity contribution is 9.10. The van der Waals surface area contributed by atoms with Crippen molar-refractivity contribution < 1.29 is 4.79 Å². The molecule has 0 atom stereocenters. The van der Waals surface area contributed by atoms with E-state index in [1.54, 1.807) is 13.2 Å². The van der Waals surface area contributed by atoms with Gasteiger partial charge in [0.2, 0.25) is 0 Å². The van der Waals surface area contributed by atoms with Crippen molar-refractivity contribution in [2.75, 3.05) is 12.4 Å². The molecule has 20 heavy (non-hydrogen) atoms. The number of hydrogen-bond donors (Lipinski definition) is 2. The number of nitrogens with zero attached hydrogens (tertiary/aromatic N) is 1. The molecule has 2 aromatic rings. The van der Waals surface area contributed by atoms with Gasteiger partial charge in [0.25, 0.3) is 5.91 Å². The Kier molecular flexibility index (Phi) is 4.74. The predicted octanol–water partition coefficient (Wildman–Crippen LogP) is 3.12. The summed E-state index contributed by atoms with van der Waals surface area (Å²) < 4.78 is 0.957. The lowest BCUT2D eigenvalue weighted by molar-refractivity contribution is 0.0963. The molecule has 0 aliphatic carbocycles. The number of carbonyl (C=O) groups excluding carboxylic acids is 1. The minimum absolute atomic E-state index is 0.0881. The molecule has 104 valence electrons. The van der Waals surface area contributed by atoms with Crippen LogP contribution in [0.3, 0.4) is 0 Å². The molecule has 0 bridgehead atoms. The lowest BCUT2D eigenvalue weighted by Crippen LogP contribution is -2.18. The van der Waals surface area contributed by atoms with E-state index in [1.807, 2.05) is 37.3 Å². The molecule has 0 unspecified atom stereocenters. The summed E-state index contributed by atoms with van der Waals surface area (Å²) in [5.41, 5.74) is 3.62. The molecule has 0 spiro atoms. The van der Waals surface area contributed by atoms with Crippen molar-refractivity contribution >= 4 is 27.5 Å². The fraction of sp³-hybridized carbons (Fsp3) is 0.200. The minimum atomic E-state index is -0.0881. The van der Waals surface area contributed by atoms with Crippen LogP contribution in [-0.4, -0.2) is 17.9 Å². The Morgan fingerprint density at radius 2 is 2.10 bits per heavy atom. The van der Waals surface area contributed by atoms with Crippen molar-refractivity contribution in [2.24, 2.45) is 0 Å². The molecule has 1 aromatic heterocycles. The van der Waals surface area contributed by atoms with Gasteiger partial charge in [0.05, 0.1) is 12.2 Å². The summed E-state index contributed by atoms with van der Waals surface area (Å²) in [5, 5.41) is 5.93. The van der Waals surface area contributed by atoms with Crippen molar-refractivity contribution in [3.05, 3.63) is 57.8 Å². The molecule has 0 saturated heterocycles. The highest BCUT2D eigenvalue weighted by Crippen LogP contribution is 2.18. The normalized spacial score (nSPS) is 10.2. The van der Waals surface area contributed by atoms with Gasteiger partial charge in [0.15, 0.2) is 0 Å². The lowest BCUT2D eigenvalue weighted by Gasteiger charge is -2.11. The third kappa shape index (κ3) is 3.57. The van der Waals surface area contributed by atoms with Crippen molar-refractivity contribution in [3.63, 3.8) is 0 Å². The van der Waals surface area contributed by atoms with E-state index >= 15 is 0 Å². The molecule has 2 rings (SSSR count). The summed E-state index contributed by atoms with van der Waals surface area (Å²) in [6.45, 7) is 2.62. The first-order valence-corrected chi connectivity index (χ1v) is 7.06. The van der Waals surface area contributed by atoms with Crippen LogP contribution in [0.15, 0.2) is 41.0 Å². The van der Waals surface area contributed by atoms with Crippen LogP contribution in [0.5, 0.6) is 0 Å². The van der Waals surface area contributed by atoms with Gasteiger partial charge in [-0.2, -0.15) is 0 Å². The second-order valence-corrected chi connectivity index (χ2v) is 5.35. The van der Waals surface area contributed by atoms with Gasteiger partial charge in [0, 0.05) is 29.0 Å². The zero-order valence-corrected chi connectivity index (χ0v) is 13.0. The van der Waals surface area contributed by atoms with Crippen LogP contribution in [0.1, 0.15) is 21.6 Å². The molecule has 1 amide bonds. The number of carbonyl (C=O) groups is 1. The number of hydrogen-bond acceptors (Lipinski definition) is 3. The Hall–Kier alpha value is -1.88. The van der Waals surface area contributed by atoms with Crippen LogP contribution in [0.2, 0.25) is 0 Å². The van der Waals surface area contributed by atoms with Crippen molar-refractivity contribution in [1.82, 2.24) is 10.3 Å². The largest absolute Gasteiger partial charge is 0.379 e. The highest BCUT2D eigenvalue weighted by Gasteiger charge is 2.06. The SMILES string of the molecule is CNC(=O)c1ccc(C)c(NCc2ccc(Br)cn2)c1. The number of aryl methyl sites for hydroxylation is 1. The maximum Gasteiger partial charge on any atom is 0.251 e. The predicted molar refractivity (Wildman–Crippen MR) is 83.8 cm³/mol. The fourth-order valence-corrected chi connectivity index (χ4v) is 2.03. The molecule has 1 heterocycles. The Balaban J connectivity index is 2.12. The van der Waals surface area contributed by atoms with E-state index in [-0.39, 0.29) is 5.91 Å². The van der Waals surface area contributed by atoms with E-state index in [0.29, 0.717) is 12.1 Å². The third-order valence-corrected chi connectivity index (χ3v) is 3.44. The molecule has 0 fully saturated rings. The summed E-state index contributed by atoms with van der Waals surface area (Å²) >= 11 is 3.36. The van der Waals surface area contributed by atoms with Crippen LogP contribution in [0.25, 0.3) is 0 Å². The number of rotatable bonds is 4. The molecule has 2 N–H and O–H groups in total. The van der Waals surface area contributed by atoms with E-state index < -0.39 is 0 Å². The zero-order chi connectivity index (χ0) is 14.5. The average Bonchev–Trinajstić information content (AvgIpc) is 2.47. The van der Waals surface area contributed by atoms with Gasteiger partial charge in [-0.3, -0.25) is 9.78 Å². The van der Waals surface area contributed by atoms with E-state index in [0.717, 1.165) is 21.4 Å². The Labute approximate surface area is 126 Å². The standard InChI is InChI=1S/C15H16BrN3O/c1-10-3-4-11(15(20)17-2)7-14(10)19-9-13-6-5-12(16)8-18-13/h3-8,19H,9H2,1-2H3,(H,17,20). The summed E-state index contributed by atoms with van der Waals surface area (Å²) in [5.74, 6) is -0.0881. The highest BCUT2D eigenvalue weighted by atomic mass is 79.9. The van der Waals surface area contributed by atoms with Gasteiger partial charge >= 0.3 is 0 Å². The Morgan fingerprint density at radius 1 is 1.30 bits per heavy atom. The summed E-state index contributed by atoms with van der Waals surface area (Å²) in [7, 11) is 1.63. The molecule has 0 radical (unpaired) electrons. The van der Waals surface area contributed by atoms with Crippen LogP contribution in [0.4, 0.5) is 5.69 Å². The lowest BCUT2D eigenvalue weighted by atomic mass is 10.1. The molecule has 4 nitrogen and oxygen atoms in total. The van der Waals surface area contributed by atoms with Crippen LogP contribution < -0.4 is 10.6 Å². The van der Waals surface area contributed by atoms with Crippen molar-refractivity contribution in [3.8, 4) is 0 Å². The number of aromatic nitrogens is 1. The first-order valence-electron chi connectivity index (χ1n) is 6.27. The summed E-state index contributed by atoms with van der Waals surface area (Å²) in [6, 6.07) is 9.51. The van der Waals surface area contributed by atoms with Crippen LogP contribution >= 0.6 is 15.9 Å².